The van der Waals surface area contributed by atoms with Crippen molar-refractivity contribution >= 4 is 23.0 Å². The van der Waals surface area contributed by atoms with Crippen LogP contribution in [0.1, 0.15) is 39.2 Å². The third-order valence-corrected chi connectivity index (χ3v) is 4.73. The van der Waals surface area contributed by atoms with Crippen LogP contribution in [0.4, 0.5) is 10.5 Å². The maximum atomic E-state index is 12.1. The van der Waals surface area contributed by atoms with Crippen molar-refractivity contribution in [2.45, 2.75) is 45.8 Å². The number of likely N-dealkylation sites (tertiary alicyclic amines) is 1. The fraction of sp³-hybridized carbons (Fsp3) is 0.611. The SMILES string of the molecule is CC(C)(C)OC(=O)N1CCC(COc2ccc(CNS(=O)[O-])cc2[N+](=O)[O-])CC1. The Balaban J connectivity index is 1.89. The summed E-state index contributed by atoms with van der Waals surface area (Å²) in [5.41, 5.74) is -0.300. The van der Waals surface area contributed by atoms with Crippen LogP contribution in [-0.4, -0.2) is 50.0 Å². The summed E-state index contributed by atoms with van der Waals surface area (Å²) in [5.74, 6) is 0.300. The molecule has 0 saturated carbocycles. The first-order valence-corrected chi connectivity index (χ1v) is 10.3. The van der Waals surface area contributed by atoms with Crippen molar-refractivity contribution < 1.29 is 28.0 Å². The average molecular weight is 428 g/mol. The van der Waals surface area contributed by atoms with Crippen LogP contribution in [0, 0.1) is 16.0 Å². The highest BCUT2D eigenvalue weighted by molar-refractivity contribution is 7.77. The van der Waals surface area contributed by atoms with Crippen LogP contribution in [-0.2, 0) is 22.5 Å². The molecule has 1 N–H and O–H groups in total. The summed E-state index contributed by atoms with van der Waals surface area (Å²) >= 11 is -2.45. The highest BCUT2D eigenvalue weighted by Gasteiger charge is 2.27. The van der Waals surface area contributed by atoms with Gasteiger partial charge in [-0.25, -0.2) is 9.52 Å². The lowest BCUT2D eigenvalue weighted by atomic mass is 9.98. The average Bonchev–Trinajstić information content (AvgIpc) is 2.63. The zero-order valence-corrected chi connectivity index (χ0v) is 17.5. The van der Waals surface area contributed by atoms with Crippen molar-refractivity contribution in [2.75, 3.05) is 19.7 Å². The third kappa shape index (κ3) is 7.59. The second kappa shape index (κ2) is 9.99. The number of nitrogens with zero attached hydrogens (tertiary/aromatic N) is 2. The van der Waals surface area contributed by atoms with Gasteiger partial charge in [-0.3, -0.25) is 14.3 Å². The van der Waals surface area contributed by atoms with E-state index < -0.39 is 21.8 Å². The summed E-state index contributed by atoms with van der Waals surface area (Å²) in [5, 5.41) is 11.3. The van der Waals surface area contributed by atoms with Crippen molar-refractivity contribution in [1.82, 2.24) is 9.62 Å². The number of ether oxygens (including phenoxy) is 2. The number of nitro groups is 1. The molecule has 1 heterocycles. The summed E-state index contributed by atoms with van der Waals surface area (Å²) in [7, 11) is 0. The Bertz CT molecular complexity index is 758. The molecule has 0 aliphatic carbocycles. The molecule has 0 radical (unpaired) electrons. The molecule has 0 aromatic heterocycles. The summed E-state index contributed by atoms with van der Waals surface area (Å²) in [6.45, 7) is 6.80. The second-order valence-corrected chi connectivity index (χ2v) is 8.59. The van der Waals surface area contributed by atoms with Crippen molar-refractivity contribution in [2.24, 2.45) is 5.92 Å². The Labute approximate surface area is 172 Å². The van der Waals surface area contributed by atoms with E-state index in [0.29, 0.717) is 38.1 Å². The molecule has 2 rings (SSSR count). The number of hydrogen-bond donors (Lipinski definition) is 1. The Hall–Kier alpha value is -2.24. The quantitative estimate of drug-likeness (QED) is 0.400. The normalized spacial score (nSPS) is 16.3. The molecule has 0 spiro atoms. The Kier molecular flexibility index (Phi) is 7.94. The predicted molar refractivity (Wildman–Crippen MR) is 105 cm³/mol. The number of nitrogens with one attached hydrogen (secondary N) is 1. The van der Waals surface area contributed by atoms with Gasteiger partial charge in [-0.2, -0.15) is 0 Å². The summed E-state index contributed by atoms with van der Waals surface area (Å²) < 4.78 is 34.3. The lowest BCUT2D eigenvalue weighted by molar-refractivity contribution is -0.386. The van der Waals surface area contributed by atoms with E-state index in [4.69, 9.17) is 9.47 Å². The van der Waals surface area contributed by atoms with Gasteiger partial charge in [0.2, 0.25) is 0 Å². The summed E-state index contributed by atoms with van der Waals surface area (Å²) in [6.07, 6.45) is 1.09. The van der Waals surface area contributed by atoms with Crippen LogP contribution in [0.15, 0.2) is 18.2 Å². The highest BCUT2D eigenvalue weighted by Crippen LogP contribution is 2.29. The zero-order chi connectivity index (χ0) is 21.6. The molecule has 29 heavy (non-hydrogen) atoms. The first-order chi connectivity index (χ1) is 13.5. The first kappa shape index (κ1) is 23.0. The molecule has 1 unspecified atom stereocenters. The molecule has 1 amide bonds. The van der Waals surface area contributed by atoms with Crippen molar-refractivity contribution in [3.05, 3.63) is 33.9 Å². The smallest absolute Gasteiger partial charge is 0.410 e. The number of benzene rings is 1. The van der Waals surface area contributed by atoms with Crippen LogP contribution in [0.2, 0.25) is 0 Å². The monoisotopic (exact) mass is 428 g/mol. The van der Waals surface area contributed by atoms with Crippen LogP contribution >= 0.6 is 0 Å². The van der Waals surface area contributed by atoms with E-state index in [0.717, 1.165) is 0 Å². The van der Waals surface area contributed by atoms with Gasteiger partial charge < -0.3 is 18.9 Å². The molecule has 1 fully saturated rings. The molecule has 162 valence electrons. The standard InChI is InChI=1S/C18H27N3O7S/c1-18(2,3)28-17(22)20-8-6-13(7-9-20)12-27-16-5-4-14(11-19-29(25)26)10-15(16)21(23)24/h4-5,10,13,19H,6-9,11-12H2,1-3H3,(H,25,26)/p-1. The van der Waals surface area contributed by atoms with Crippen molar-refractivity contribution in [3.8, 4) is 5.75 Å². The van der Waals surface area contributed by atoms with Gasteiger partial charge in [-0.1, -0.05) is 6.07 Å². The van der Waals surface area contributed by atoms with Crippen LogP contribution in [0.3, 0.4) is 0 Å². The minimum absolute atomic E-state index is 0.0413. The molecule has 1 aromatic rings. The van der Waals surface area contributed by atoms with Gasteiger partial charge in [0.15, 0.2) is 5.75 Å². The fourth-order valence-electron chi connectivity index (χ4n) is 2.90. The molecule has 1 aliphatic rings. The van der Waals surface area contributed by atoms with Gasteiger partial charge in [-0.05, 0) is 51.2 Å². The third-order valence-electron chi connectivity index (χ3n) is 4.35. The maximum absolute atomic E-state index is 12.1. The summed E-state index contributed by atoms with van der Waals surface area (Å²) in [4.78, 5) is 24.5. The Morgan fingerprint density at radius 3 is 2.55 bits per heavy atom. The number of carbonyl (C=O) groups excluding carboxylic acids is 1. The second-order valence-electron chi connectivity index (χ2n) is 7.84. The van der Waals surface area contributed by atoms with Crippen molar-refractivity contribution in [1.29, 1.82) is 0 Å². The molecule has 1 atom stereocenters. The molecule has 11 heteroatoms. The van der Waals surface area contributed by atoms with E-state index in [1.54, 1.807) is 11.0 Å². The number of hydrogen-bond acceptors (Lipinski definition) is 7. The van der Waals surface area contributed by atoms with E-state index in [9.17, 15) is 23.7 Å². The van der Waals surface area contributed by atoms with Gasteiger partial charge >= 0.3 is 11.8 Å². The summed E-state index contributed by atoms with van der Waals surface area (Å²) in [6, 6.07) is 4.34. The number of amides is 1. The lowest BCUT2D eigenvalue weighted by Crippen LogP contribution is -2.42. The van der Waals surface area contributed by atoms with Crippen LogP contribution < -0.4 is 9.46 Å². The minimum atomic E-state index is -2.45. The lowest BCUT2D eigenvalue weighted by Gasteiger charge is -2.33. The minimum Gasteiger partial charge on any atom is -0.760 e. The fourth-order valence-corrected chi connectivity index (χ4v) is 3.18. The molecular formula is C18H26N3O7S-. The zero-order valence-electron chi connectivity index (χ0n) is 16.7. The van der Waals surface area contributed by atoms with E-state index in [1.807, 2.05) is 20.8 Å². The van der Waals surface area contributed by atoms with Gasteiger partial charge in [-0.15, -0.1) is 0 Å². The van der Waals surface area contributed by atoms with E-state index >= 15 is 0 Å². The Morgan fingerprint density at radius 2 is 2.00 bits per heavy atom. The van der Waals surface area contributed by atoms with Crippen molar-refractivity contribution in [3.63, 3.8) is 0 Å². The number of rotatable bonds is 7. The molecule has 1 saturated heterocycles. The molecular weight excluding hydrogens is 402 g/mol. The van der Waals surface area contributed by atoms with E-state index in [-0.39, 0.29) is 30.0 Å². The number of piperidine rings is 1. The molecule has 1 aromatic carbocycles. The molecule has 1 aliphatic heterocycles. The topological polar surface area (TPSA) is 134 Å². The predicted octanol–water partition coefficient (Wildman–Crippen LogP) is 2.50. The van der Waals surface area contributed by atoms with Gasteiger partial charge in [0.25, 0.3) is 0 Å². The van der Waals surface area contributed by atoms with Gasteiger partial charge in [0, 0.05) is 37.0 Å². The highest BCUT2D eigenvalue weighted by atomic mass is 32.2. The first-order valence-electron chi connectivity index (χ1n) is 9.26. The maximum Gasteiger partial charge on any atom is 0.410 e. The molecule has 10 nitrogen and oxygen atoms in total. The largest absolute Gasteiger partial charge is 0.760 e. The van der Waals surface area contributed by atoms with Gasteiger partial charge in [0.05, 0.1) is 11.5 Å². The Morgan fingerprint density at radius 1 is 1.34 bits per heavy atom. The van der Waals surface area contributed by atoms with Crippen LogP contribution in [0.5, 0.6) is 5.75 Å². The van der Waals surface area contributed by atoms with Gasteiger partial charge in [0.1, 0.15) is 5.60 Å². The number of nitro benzene ring substituents is 1. The molecule has 0 bridgehead atoms. The van der Waals surface area contributed by atoms with E-state index in [1.165, 1.54) is 12.1 Å². The number of carbonyl (C=O) groups is 1. The van der Waals surface area contributed by atoms with Crippen LogP contribution in [0.25, 0.3) is 0 Å². The van der Waals surface area contributed by atoms with E-state index in [2.05, 4.69) is 4.72 Å².